The van der Waals surface area contributed by atoms with Crippen molar-refractivity contribution < 1.29 is 24.9 Å². The molecule has 0 aliphatic rings. The smallest absolute Gasteiger partial charge is 0.181 e. The maximum Gasteiger partial charge on any atom is 0.181 e. The van der Waals surface area contributed by atoms with Crippen molar-refractivity contribution in [1.29, 1.82) is 0 Å². The molecule has 4 atom stereocenters. The van der Waals surface area contributed by atoms with Crippen LogP contribution in [0.4, 0.5) is 0 Å². The zero-order valence-corrected chi connectivity index (χ0v) is 29.5. The molecule has 0 aliphatic carbocycles. The second kappa shape index (κ2) is 30.1. The van der Waals surface area contributed by atoms with Gasteiger partial charge in [0.2, 0.25) is 0 Å². The standard InChI is InChI=1S/C37H71O5P/c1-3-5-7-9-11-13-15-17-19-20-22-24-26-28-30-33(36(41)37(42,43)35(40)32-38)34(39)31-29-27-25-23-21-18-16-14-12-10-8-6-4-2/h17,19,33,35,38,40,42H,3-16,18,20-32,43H2,1-2H3. The van der Waals surface area contributed by atoms with Gasteiger partial charge in [0.25, 0.3) is 0 Å². The lowest BCUT2D eigenvalue weighted by Crippen LogP contribution is -2.50. The second-order valence-electron chi connectivity index (χ2n) is 12.9. The van der Waals surface area contributed by atoms with E-state index in [9.17, 15) is 24.9 Å². The van der Waals surface area contributed by atoms with Crippen LogP contribution in [-0.4, -0.2) is 44.9 Å². The van der Waals surface area contributed by atoms with Crippen LogP contribution >= 0.6 is 9.24 Å². The second-order valence-corrected chi connectivity index (χ2v) is 13.8. The number of allylic oxidation sites excluding steroid dienone is 2. The minimum absolute atomic E-state index is 0.142. The number of hydrogen-bond acceptors (Lipinski definition) is 5. The minimum Gasteiger partial charge on any atom is -0.394 e. The lowest BCUT2D eigenvalue weighted by Gasteiger charge is -2.29. The molecule has 0 aromatic rings. The fraction of sp³-hybridized carbons (Fsp3) is 0.892. The zero-order chi connectivity index (χ0) is 32.0. The third kappa shape index (κ3) is 23.4. The van der Waals surface area contributed by atoms with Gasteiger partial charge in [0.15, 0.2) is 11.1 Å². The number of rotatable bonds is 33. The topological polar surface area (TPSA) is 94.8 Å². The Labute approximate surface area is 268 Å². The third-order valence-corrected chi connectivity index (χ3v) is 9.48. The summed E-state index contributed by atoms with van der Waals surface area (Å²) in [5, 5.41) is 27.7. The van der Waals surface area contributed by atoms with Gasteiger partial charge in [0.1, 0.15) is 11.9 Å². The Morgan fingerprint density at radius 1 is 0.628 bits per heavy atom. The van der Waals surface area contributed by atoms with Gasteiger partial charge in [0, 0.05) is 6.42 Å². The summed E-state index contributed by atoms with van der Waals surface area (Å²) >= 11 is 0. The Morgan fingerprint density at radius 3 is 1.42 bits per heavy atom. The van der Waals surface area contributed by atoms with Crippen molar-refractivity contribution >= 4 is 20.8 Å². The molecule has 0 aromatic carbocycles. The van der Waals surface area contributed by atoms with E-state index in [2.05, 4.69) is 26.0 Å². The van der Waals surface area contributed by atoms with E-state index in [1.807, 2.05) is 9.24 Å². The third-order valence-electron chi connectivity index (χ3n) is 8.81. The van der Waals surface area contributed by atoms with Crippen LogP contribution in [0.5, 0.6) is 0 Å². The molecule has 5 nitrogen and oxygen atoms in total. The van der Waals surface area contributed by atoms with E-state index in [1.165, 1.54) is 103 Å². The first-order valence-corrected chi connectivity index (χ1v) is 18.9. The quantitative estimate of drug-likeness (QED) is 0.0292. The van der Waals surface area contributed by atoms with Gasteiger partial charge in [-0.2, -0.15) is 0 Å². The van der Waals surface area contributed by atoms with Gasteiger partial charge in [-0.05, 0) is 38.5 Å². The molecule has 0 saturated carbocycles. The number of unbranched alkanes of at least 4 members (excludes halogenated alkanes) is 22. The van der Waals surface area contributed by atoms with Crippen molar-refractivity contribution in [2.45, 2.75) is 199 Å². The molecule has 3 N–H and O–H groups in total. The van der Waals surface area contributed by atoms with E-state index < -0.39 is 29.8 Å². The Kier molecular flexibility index (Phi) is 29.6. The molecule has 0 amide bonds. The van der Waals surface area contributed by atoms with E-state index in [-0.39, 0.29) is 5.78 Å². The first-order valence-electron chi connectivity index (χ1n) is 18.3. The Bertz CT molecular complexity index is 678. The van der Waals surface area contributed by atoms with Gasteiger partial charge in [0.05, 0.1) is 12.5 Å². The highest BCUT2D eigenvalue weighted by atomic mass is 31.0. The van der Waals surface area contributed by atoms with Gasteiger partial charge < -0.3 is 15.3 Å². The van der Waals surface area contributed by atoms with Crippen LogP contribution in [0.1, 0.15) is 187 Å². The number of ketones is 2. The van der Waals surface area contributed by atoms with E-state index in [1.54, 1.807) is 0 Å². The lowest BCUT2D eigenvalue weighted by molar-refractivity contribution is -0.147. The number of carbonyl (C=O) groups excluding carboxylic acids is 2. The average Bonchev–Trinajstić information content (AvgIpc) is 3.00. The predicted molar refractivity (Wildman–Crippen MR) is 186 cm³/mol. The van der Waals surface area contributed by atoms with E-state index in [4.69, 9.17) is 0 Å². The van der Waals surface area contributed by atoms with Crippen molar-refractivity contribution in [3.63, 3.8) is 0 Å². The number of aliphatic hydroxyl groups excluding tert-OH is 2. The minimum atomic E-state index is -2.20. The van der Waals surface area contributed by atoms with Crippen LogP contribution in [-0.2, 0) is 9.59 Å². The van der Waals surface area contributed by atoms with Crippen molar-refractivity contribution in [2.24, 2.45) is 5.92 Å². The summed E-state index contributed by atoms with van der Waals surface area (Å²) in [4.78, 5) is 26.2. The molecule has 0 aromatic heterocycles. The summed E-state index contributed by atoms with van der Waals surface area (Å²) in [6, 6.07) is 0. The molecule has 6 heteroatoms. The van der Waals surface area contributed by atoms with Crippen LogP contribution in [0, 0.1) is 5.92 Å². The highest BCUT2D eigenvalue weighted by Gasteiger charge is 2.43. The monoisotopic (exact) mass is 627 g/mol. The number of carbonyl (C=O) groups is 2. The molecule has 254 valence electrons. The molecule has 43 heavy (non-hydrogen) atoms. The van der Waals surface area contributed by atoms with Crippen LogP contribution in [0.25, 0.3) is 0 Å². The molecule has 0 spiro atoms. The summed E-state index contributed by atoms with van der Waals surface area (Å²) in [6.07, 6.45) is 33.6. The van der Waals surface area contributed by atoms with E-state index in [0.717, 1.165) is 57.8 Å². The van der Waals surface area contributed by atoms with Crippen LogP contribution < -0.4 is 0 Å². The fourth-order valence-electron chi connectivity index (χ4n) is 5.75. The van der Waals surface area contributed by atoms with Gasteiger partial charge in [-0.1, -0.05) is 164 Å². The summed E-state index contributed by atoms with van der Waals surface area (Å²) < 4.78 is 0. The lowest BCUT2D eigenvalue weighted by atomic mass is 9.85. The Balaban J connectivity index is 4.31. The largest absolute Gasteiger partial charge is 0.394 e. The number of hydrogen-bond donors (Lipinski definition) is 3. The summed E-state index contributed by atoms with van der Waals surface area (Å²) in [5.41, 5.74) is 0. The van der Waals surface area contributed by atoms with Crippen molar-refractivity contribution in [1.82, 2.24) is 0 Å². The summed E-state index contributed by atoms with van der Waals surface area (Å²) in [5.74, 6) is -1.76. The normalized spacial score (nSPS) is 14.7. The Morgan fingerprint density at radius 2 is 1.00 bits per heavy atom. The van der Waals surface area contributed by atoms with Crippen molar-refractivity contribution in [3.05, 3.63) is 12.2 Å². The van der Waals surface area contributed by atoms with Gasteiger partial charge >= 0.3 is 0 Å². The SMILES string of the molecule is CCCCCCCCC=CCCCCCCC(C(=O)CCCCCCCCCCCCCCC)C(=O)C(O)(P)C(O)CO. The zero-order valence-electron chi connectivity index (χ0n) is 28.3. The molecule has 0 fully saturated rings. The summed E-state index contributed by atoms with van der Waals surface area (Å²) in [6.45, 7) is 3.76. The number of Topliss-reactive ketones (excluding diaryl/α,β-unsaturated/α-hetero) is 2. The molecule has 0 radical (unpaired) electrons. The number of aliphatic hydroxyl groups is 3. The molecule has 4 unspecified atom stereocenters. The molecular weight excluding hydrogens is 555 g/mol. The predicted octanol–water partition coefficient (Wildman–Crippen LogP) is 9.79. The fourth-order valence-corrected chi connectivity index (χ4v) is 6.06. The molecule has 0 saturated heterocycles. The highest BCUT2D eigenvalue weighted by Crippen LogP contribution is 2.29. The first-order chi connectivity index (χ1) is 20.8. The molecular formula is C37H71O5P. The molecule has 0 bridgehead atoms. The van der Waals surface area contributed by atoms with Crippen LogP contribution in [0.3, 0.4) is 0 Å². The molecule has 0 rings (SSSR count). The van der Waals surface area contributed by atoms with Crippen molar-refractivity contribution in [3.8, 4) is 0 Å². The molecule has 0 heterocycles. The highest BCUT2D eigenvalue weighted by molar-refractivity contribution is 7.20. The van der Waals surface area contributed by atoms with Crippen LogP contribution in [0.15, 0.2) is 12.2 Å². The maximum atomic E-state index is 13.1. The van der Waals surface area contributed by atoms with Gasteiger partial charge in [-0.3, -0.25) is 9.59 Å². The average molecular weight is 627 g/mol. The van der Waals surface area contributed by atoms with Gasteiger partial charge in [-0.25, -0.2) is 0 Å². The maximum absolute atomic E-state index is 13.1. The summed E-state index contributed by atoms with van der Waals surface area (Å²) in [7, 11) is 1.97. The first kappa shape index (κ1) is 42.4. The van der Waals surface area contributed by atoms with E-state index >= 15 is 0 Å². The van der Waals surface area contributed by atoms with E-state index in [0.29, 0.717) is 12.8 Å². The Hall–Kier alpha value is -0.610. The molecule has 0 aliphatic heterocycles. The van der Waals surface area contributed by atoms with Gasteiger partial charge in [-0.15, -0.1) is 0 Å². The van der Waals surface area contributed by atoms with Crippen LogP contribution in [0.2, 0.25) is 0 Å². The van der Waals surface area contributed by atoms with Crippen molar-refractivity contribution in [2.75, 3.05) is 6.61 Å².